The molecule has 1 atom stereocenters. The van der Waals surface area contributed by atoms with Gasteiger partial charge in [-0.25, -0.2) is 0 Å². The lowest BCUT2D eigenvalue weighted by Gasteiger charge is -2.14. The first kappa shape index (κ1) is 24.0. The molecule has 0 spiro atoms. The van der Waals surface area contributed by atoms with Crippen molar-refractivity contribution in [1.82, 2.24) is 24.9 Å². The predicted molar refractivity (Wildman–Crippen MR) is 131 cm³/mol. The molecule has 4 aromatic rings. The molecule has 0 saturated carbocycles. The van der Waals surface area contributed by atoms with Crippen LogP contribution in [0.3, 0.4) is 0 Å². The van der Waals surface area contributed by atoms with Crippen molar-refractivity contribution in [1.29, 1.82) is 0 Å². The van der Waals surface area contributed by atoms with Crippen molar-refractivity contribution in [2.75, 3.05) is 13.7 Å². The van der Waals surface area contributed by atoms with Gasteiger partial charge in [-0.3, -0.25) is 0 Å². The molecule has 0 aliphatic carbocycles. The van der Waals surface area contributed by atoms with E-state index in [1.807, 2.05) is 47.9 Å². The number of aromatic nitrogens is 5. The molecule has 9 heteroatoms. The molecule has 0 saturated heterocycles. The van der Waals surface area contributed by atoms with Crippen molar-refractivity contribution in [2.45, 2.75) is 50.2 Å². The number of rotatable bonds is 12. The van der Waals surface area contributed by atoms with E-state index in [0.29, 0.717) is 19.0 Å². The van der Waals surface area contributed by atoms with Gasteiger partial charge in [0.2, 0.25) is 5.89 Å². The first-order chi connectivity index (χ1) is 16.7. The Kier molecular flexibility index (Phi) is 8.32. The maximum Gasteiger partial charge on any atom is 0.239 e. The second-order valence-electron chi connectivity index (χ2n) is 7.75. The van der Waals surface area contributed by atoms with E-state index >= 15 is 0 Å². The third-order valence-corrected chi connectivity index (χ3v) is 6.30. The number of hydrogen-bond donors (Lipinski definition) is 0. The Balaban J connectivity index is 1.51. The minimum atomic E-state index is -0.0591. The van der Waals surface area contributed by atoms with Crippen molar-refractivity contribution in [3.63, 3.8) is 0 Å². The second-order valence-corrected chi connectivity index (χ2v) is 9.06. The number of benzene rings is 2. The molecule has 178 valence electrons. The van der Waals surface area contributed by atoms with E-state index in [-0.39, 0.29) is 11.9 Å². The van der Waals surface area contributed by atoms with E-state index < -0.39 is 0 Å². The minimum Gasteiger partial charge on any atom is -0.485 e. The molecule has 0 N–H and O–H groups in total. The molecule has 0 amide bonds. The number of methoxy groups -OCH3 is 1. The summed E-state index contributed by atoms with van der Waals surface area (Å²) in [7, 11) is 1.68. The summed E-state index contributed by atoms with van der Waals surface area (Å²) in [5.41, 5.74) is 2.14. The summed E-state index contributed by atoms with van der Waals surface area (Å²) in [6.07, 6.45) is 1.78. The monoisotopic (exact) mass is 479 g/mol. The van der Waals surface area contributed by atoms with Crippen LogP contribution >= 0.6 is 11.8 Å². The normalized spacial score (nSPS) is 12.1. The van der Waals surface area contributed by atoms with Crippen LogP contribution in [0.1, 0.15) is 43.1 Å². The van der Waals surface area contributed by atoms with Crippen LogP contribution in [0.5, 0.6) is 5.75 Å². The summed E-state index contributed by atoms with van der Waals surface area (Å²) in [4.78, 5) is 4.50. The fourth-order valence-electron chi connectivity index (χ4n) is 3.48. The standard InChI is InChI=1S/C25H29N5O3S/c1-4-10-22-26-24(33-29-22)18(2)34-25-28-27-23(30(25)15-16-31-3)17-32-21-14-9-8-13-20(21)19-11-6-5-7-12-19/h5-9,11-14,18H,4,10,15-17H2,1-3H3. The summed E-state index contributed by atoms with van der Waals surface area (Å²) in [6.45, 7) is 5.55. The summed E-state index contributed by atoms with van der Waals surface area (Å²) in [5.74, 6) is 2.85. The van der Waals surface area contributed by atoms with Gasteiger partial charge < -0.3 is 18.6 Å². The lowest BCUT2D eigenvalue weighted by atomic mass is 10.1. The van der Waals surface area contributed by atoms with Crippen LogP contribution in [0.2, 0.25) is 0 Å². The van der Waals surface area contributed by atoms with E-state index in [0.717, 1.165) is 46.5 Å². The quantitative estimate of drug-likeness (QED) is 0.251. The predicted octanol–water partition coefficient (Wildman–Crippen LogP) is 5.36. The Morgan fingerprint density at radius 3 is 2.65 bits per heavy atom. The van der Waals surface area contributed by atoms with E-state index in [4.69, 9.17) is 14.0 Å². The second kappa shape index (κ2) is 11.8. The molecule has 0 bridgehead atoms. The Bertz CT molecular complexity index is 1180. The molecule has 34 heavy (non-hydrogen) atoms. The molecule has 8 nitrogen and oxygen atoms in total. The molecule has 2 heterocycles. The molecule has 4 rings (SSSR count). The molecule has 0 aliphatic rings. The van der Waals surface area contributed by atoms with Gasteiger partial charge in [-0.05, 0) is 25.0 Å². The van der Waals surface area contributed by atoms with E-state index in [1.54, 1.807) is 7.11 Å². The number of aryl methyl sites for hydroxylation is 1. The van der Waals surface area contributed by atoms with Gasteiger partial charge in [0, 0.05) is 25.6 Å². The van der Waals surface area contributed by atoms with Gasteiger partial charge in [-0.1, -0.05) is 72.4 Å². The van der Waals surface area contributed by atoms with Crippen molar-refractivity contribution in [3.05, 3.63) is 72.1 Å². The SMILES string of the molecule is CCCc1noc(C(C)Sc2nnc(COc3ccccc3-c3ccccc3)n2CCOC)n1. The highest BCUT2D eigenvalue weighted by Gasteiger charge is 2.21. The van der Waals surface area contributed by atoms with Crippen molar-refractivity contribution in [3.8, 4) is 16.9 Å². The largest absolute Gasteiger partial charge is 0.485 e. The zero-order chi connectivity index (χ0) is 23.8. The third-order valence-electron chi connectivity index (χ3n) is 5.23. The number of ether oxygens (including phenoxy) is 2. The molecule has 0 radical (unpaired) electrons. The third kappa shape index (κ3) is 5.84. The molecule has 2 aromatic heterocycles. The molecular formula is C25H29N5O3S. The van der Waals surface area contributed by atoms with Gasteiger partial charge in [0.25, 0.3) is 0 Å². The topological polar surface area (TPSA) is 88.1 Å². The van der Waals surface area contributed by atoms with Crippen molar-refractivity contribution in [2.24, 2.45) is 0 Å². The highest BCUT2D eigenvalue weighted by atomic mass is 32.2. The number of nitrogens with zero attached hydrogens (tertiary/aromatic N) is 5. The number of thioether (sulfide) groups is 1. The van der Waals surface area contributed by atoms with Crippen molar-refractivity contribution < 1.29 is 14.0 Å². The van der Waals surface area contributed by atoms with Gasteiger partial charge in [-0.2, -0.15) is 4.98 Å². The Morgan fingerprint density at radius 2 is 1.85 bits per heavy atom. The lowest BCUT2D eigenvalue weighted by molar-refractivity contribution is 0.181. The Morgan fingerprint density at radius 1 is 1.06 bits per heavy atom. The molecular weight excluding hydrogens is 450 g/mol. The van der Waals surface area contributed by atoms with Gasteiger partial charge in [0.1, 0.15) is 12.4 Å². The minimum absolute atomic E-state index is 0.0591. The van der Waals surface area contributed by atoms with Crippen LogP contribution in [0.15, 0.2) is 64.3 Å². The highest BCUT2D eigenvalue weighted by Crippen LogP contribution is 2.34. The lowest BCUT2D eigenvalue weighted by Crippen LogP contribution is -2.12. The van der Waals surface area contributed by atoms with Crippen molar-refractivity contribution >= 4 is 11.8 Å². The van der Waals surface area contributed by atoms with Gasteiger partial charge in [-0.15, -0.1) is 10.2 Å². The van der Waals surface area contributed by atoms with Crippen LogP contribution in [0.4, 0.5) is 0 Å². The van der Waals surface area contributed by atoms with Crippen LogP contribution in [-0.2, 0) is 24.3 Å². The molecule has 1 unspecified atom stereocenters. The van der Waals surface area contributed by atoms with E-state index in [9.17, 15) is 0 Å². The Labute approximate surface area is 203 Å². The first-order valence-electron chi connectivity index (χ1n) is 11.4. The Hall–Kier alpha value is -3.17. The van der Waals surface area contributed by atoms with Gasteiger partial charge in [0.05, 0.1) is 11.9 Å². The highest BCUT2D eigenvalue weighted by molar-refractivity contribution is 7.99. The summed E-state index contributed by atoms with van der Waals surface area (Å²) >= 11 is 1.53. The zero-order valence-corrected chi connectivity index (χ0v) is 20.5. The van der Waals surface area contributed by atoms with Gasteiger partial charge in [0.15, 0.2) is 16.8 Å². The van der Waals surface area contributed by atoms with Crippen LogP contribution in [0.25, 0.3) is 11.1 Å². The molecule has 2 aromatic carbocycles. The van der Waals surface area contributed by atoms with Crippen LogP contribution in [0, 0.1) is 0 Å². The average Bonchev–Trinajstić information content (AvgIpc) is 3.49. The number of para-hydroxylation sites is 1. The molecule has 0 aliphatic heterocycles. The fraction of sp³-hybridized carbons (Fsp3) is 0.360. The summed E-state index contributed by atoms with van der Waals surface area (Å²) in [6, 6.07) is 18.2. The summed E-state index contributed by atoms with van der Waals surface area (Å²) < 4.78 is 19.0. The van der Waals surface area contributed by atoms with Gasteiger partial charge >= 0.3 is 0 Å². The molecule has 0 fully saturated rings. The van der Waals surface area contributed by atoms with E-state index in [2.05, 4.69) is 45.5 Å². The number of hydrogen-bond acceptors (Lipinski definition) is 8. The summed E-state index contributed by atoms with van der Waals surface area (Å²) in [5, 5.41) is 13.6. The maximum atomic E-state index is 6.22. The van der Waals surface area contributed by atoms with Crippen LogP contribution in [-0.4, -0.2) is 38.6 Å². The van der Waals surface area contributed by atoms with E-state index in [1.165, 1.54) is 11.8 Å². The fourth-order valence-corrected chi connectivity index (χ4v) is 4.40. The zero-order valence-electron chi connectivity index (χ0n) is 19.7. The smallest absolute Gasteiger partial charge is 0.239 e. The maximum absolute atomic E-state index is 6.22. The van der Waals surface area contributed by atoms with Crippen LogP contribution < -0.4 is 4.74 Å². The average molecular weight is 480 g/mol. The first-order valence-corrected chi connectivity index (χ1v) is 12.2.